The first kappa shape index (κ1) is 19.9. The lowest BCUT2D eigenvalue weighted by Crippen LogP contribution is -2.25. The predicted molar refractivity (Wildman–Crippen MR) is 107 cm³/mol. The smallest absolute Gasteiger partial charge is 0.184 e. The van der Waals surface area contributed by atoms with Crippen LogP contribution in [0.5, 0.6) is 0 Å². The molecule has 1 N–H and O–H groups in total. The number of benzene rings is 1. The van der Waals surface area contributed by atoms with Crippen molar-refractivity contribution in [3.8, 4) is 0 Å². The van der Waals surface area contributed by atoms with Crippen molar-refractivity contribution in [3.05, 3.63) is 35.7 Å². The Balaban J connectivity index is 1.84. The van der Waals surface area contributed by atoms with Crippen LogP contribution in [0.3, 0.4) is 0 Å². The van der Waals surface area contributed by atoms with Crippen LogP contribution in [0, 0.1) is 0 Å². The number of aliphatic hydroxyl groups is 1. The van der Waals surface area contributed by atoms with Gasteiger partial charge in [-0.25, -0.2) is 14.6 Å². The van der Waals surface area contributed by atoms with Gasteiger partial charge in [0.15, 0.2) is 17.0 Å². The van der Waals surface area contributed by atoms with Gasteiger partial charge < -0.3 is 14.6 Å². The molecule has 154 valence electrons. The molecule has 0 spiro atoms. The van der Waals surface area contributed by atoms with Gasteiger partial charge in [-0.3, -0.25) is 4.21 Å². The van der Waals surface area contributed by atoms with Gasteiger partial charge in [-0.1, -0.05) is 44.2 Å². The van der Waals surface area contributed by atoms with E-state index in [1.54, 1.807) is 28.9 Å². The van der Waals surface area contributed by atoms with E-state index in [4.69, 9.17) is 9.97 Å². The van der Waals surface area contributed by atoms with Crippen molar-refractivity contribution in [1.82, 2.24) is 25.0 Å². The van der Waals surface area contributed by atoms with E-state index in [2.05, 4.69) is 10.3 Å². The third-order valence-electron chi connectivity index (χ3n) is 4.95. The number of rotatable bonds is 4. The van der Waals surface area contributed by atoms with E-state index in [1.165, 1.54) is 0 Å². The first-order chi connectivity index (χ1) is 13.7. The van der Waals surface area contributed by atoms with Crippen LogP contribution >= 0.6 is 0 Å². The number of anilines is 1. The second kappa shape index (κ2) is 7.43. The largest absolute Gasteiger partial charge is 0.768 e. The highest BCUT2D eigenvalue weighted by molar-refractivity contribution is 7.79. The summed E-state index contributed by atoms with van der Waals surface area (Å²) in [4.78, 5) is 11.7. The molecule has 0 saturated carbocycles. The molecule has 0 amide bonds. The molecular weight excluding hydrogens is 392 g/mol. The minimum Gasteiger partial charge on any atom is -0.768 e. The monoisotopic (exact) mass is 415 g/mol. The molecule has 1 fully saturated rings. The van der Waals surface area contributed by atoms with E-state index in [0.29, 0.717) is 47.9 Å². The molecule has 4 rings (SSSR count). The lowest BCUT2D eigenvalue weighted by Gasteiger charge is -2.22. The standard InChI is InChI=1S/C19H24N6O3S/c1-19(2,3)18-20-16(24-9-8-13(26)11-24)15-17(21-18)25(23-22-15)10-12-6-4-5-7-14(12)29(27)28/h4-7,13,26H,8-11H2,1-3H3,(H,27,28)/p-1/t13-/m0/s1. The molecule has 9 nitrogen and oxygen atoms in total. The van der Waals surface area contributed by atoms with Crippen molar-refractivity contribution in [2.24, 2.45) is 0 Å². The normalized spacial score (nSPS) is 18.5. The van der Waals surface area contributed by atoms with Crippen LogP contribution in [0.1, 0.15) is 38.6 Å². The highest BCUT2D eigenvalue weighted by Gasteiger charge is 2.28. The summed E-state index contributed by atoms with van der Waals surface area (Å²) in [5, 5.41) is 18.5. The van der Waals surface area contributed by atoms with Crippen LogP contribution in [0.15, 0.2) is 29.2 Å². The van der Waals surface area contributed by atoms with Crippen LogP contribution in [0.2, 0.25) is 0 Å². The van der Waals surface area contributed by atoms with Crippen molar-refractivity contribution in [2.45, 2.75) is 50.2 Å². The van der Waals surface area contributed by atoms with E-state index in [1.807, 2.05) is 25.7 Å². The zero-order chi connectivity index (χ0) is 20.8. The molecule has 3 heterocycles. The van der Waals surface area contributed by atoms with Gasteiger partial charge >= 0.3 is 0 Å². The van der Waals surface area contributed by atoms with Crippen LogP contribution < -0.4 is 4.90 Å². The molecular formula is C19H23N6O3S-. The summed E-state index contributed by atoms with van der Waals surface area (Å²) in [6, 6.07) is 6.79. The Kier molecular flexibility index (Phi) is 5.09. The average Bonchev–Trinajstić information content (AvgIpc) is 3.27. The molecule has 2 aromatic heterocycles. The Labute approximate surface area is 171 Å². The molecule has 0 radical (unpaired) electrons. The number of hydrogen-bond donors (Lipinski definition) is 1. The zero-order valence-electron chi connectivity index (χ0n) is 16.6. The average molecular weight is 415 g/mol. The molecule has 29 heavy (non-hydrogen) atoms. The van der Waals surface area contributed by atoms with E-state index in [9.17, 15) is 13.9 Å². The highest BCUT2D eigenvalue weighted by atomic mass is 32.2. The van der Waals surface area contributed by atoms with Gasteiger partial charge in [-0.05, 0) is 29.1 Å². The third-order valence-corrected chi connectivity index (χ3v) is 5.71. The summed E-state index contributed by atoms with van der Waals surface area (Å²) >= 11 is -2.34. The van der Waals surface area contributed by atoms with E-state index in [-0.39, 0.29) is 16.9 Å². The molecule has 0 aliphatic carbocycles. The predicted octanol–water partition coefficient (Wildman–Crippen LogP) is 1.38. The van der Waals surface area contributed by atoms with E-state index < -0.39 is 17.2 Å². The van der Waals surface area contributed by atoms with Crippen molar-refractivity contribution < 1.29 is 13.9 Å². The fourth-order valence-electron chi connectivity index (χ4n) is 3.40. The van der Waals surface area contributed by atoms with Gasteiger partial charge in [0.1, 0.15) is 5.82 Å². The van der Waals surface area contributed by atoms with Crippen LogP contribution in [0.4, 0.5) is 5.82 Å². The second-order valence-electron chi connectivity index (χ2n) is 8.27. The number of hydrogen-bond acceptors (Lipinski definition) is 8. The number of β-amino-alcohol motifs (C(OH)–C–C–N with tert-alkyl or cyclic N) is 1. The van der Waals surface area contributed by atoms with Gasteiger partial charge in [-0.15, -0.1) is 5.10 Å². The highest BCUT2D eigenvalue weighted by Crippen LogP contribution is 2.29. The first-order valence-electron chi connectivity index (χ1n) is 9.46. The van der Waals surface area contributed by atoms with Crippen LogP contribution in [-0.4, -0.2) is 58.0 Å². The molecule has 1 aromatic carbocycles. The Bertz CT molecular complexity index is 1080. The number of fused-ring (bicyclic) bond motifs is 1. The molecule has 1 unspecified atom stereocenters. The fraction of sp³-hybridized carbons (Fsp3) is 0.474. The SMILES string of the molecule is CC(C)(C)c1nc(N2CC[C@H](O)C2)c2nnn(Cc3ccccc3S(=O)[O-])c2n1. The summed E-state index contributed by atoms with van der Waals surface area (Å²) < 4.78 is 24.7. The first-order valence-corrected chi connectivity index (χ1v) is 10.5. The number of nitrogens with zero attached hydrogens (tertiary/aromatic N) is 6. The minimum absolute atomic E-state index is 0.226. The van der Waals surface area contributed by atoms with E-state index in [0.717, 1.165) is 0 Å². The number of aromatic nitrogens is 5. The summed E-state index contributed by atoms with van der Waals surface area (Å²) in [6.07, 6.45) is 0.278. The summed E-state index contributed by atoms with van der Waals surface area (Å²) in [7, 11) is 0. The van der Waals surface area contributed by atoms with Gasteiger partial charge in [-0.2, -0.15) is 0 Å². The molecule has 3 aromatic rings. The Hall–Kier alpha value is -2.43. The van der Waals surface area contributed by atoms with Gasteiger partial charge in [0.25, 0.3) is 0 Å². The summed E-state index contributed by atoms with van der Waals surface area (Å²) in [6.45, 7) is 7.48. The molecule has 1 aliphatic heterocycles. The summed E-state index contributed by atoms with van der Waals surface area (Å²) in [5.74, 6) is 1.30. The maximum Gasteiger partial charge on any atom is 0.184 e. The van der Waals surface area contributed by atoms with Crippen LogP contribution in [0.25, 0.3) is 11.2 Å². The maximum atomic E-state index is 11.6. The van der Waals surface area contributed by atoms with Gasteiger partial charge in [0, 0.05) is 23.4 Å². The second-order valence-corrected chi connectivity index (χ2v) is 9.18. The zero-order valence-corrected chi connectivity index (χ0v) is 17.4. The van der Waals surface area contributed by atoms with Gasteiger partial charge in [0.2, 0.25) is 0 Å². The quantitative estimate of drug-likeness (QED) is 0.635. The lowest BCUT2D eigenvalue weighted by molar-refractivity contribution is 0.198. The van der Waals surface area contributed by atoms with Crippen molar-refractivity contribution in [3.63, 3.8) is 0 Å². The maximum absolute atomic E-state index is 11.6. The van der Waals surface area contributed by atoms with Gasteiger partial charge in [0.05, 0.1) is 12.6 Å². The fourth-order valence-corrected chi connectivity index (χ4v) is 3.93. The number of aliphatic hydroxyl groups excluding tert-OH is 1. The van der Waals surface area contributed by atoms with Crippen molar-refractivity contribution in [1.29, 1.82) is 0 Å². The summed E-state index contributed by atoms with van der Waals surface area (Å²) in [5.41, 5.74) is 1.41. The lowest BCUT2D eigenvalue weighted by atomic mass is 9.96. The topological polar surface area (TPSA) is 120 Å². The molecule has 10 heteroatoms. The molecule has 1 saturated heterocycles. The Morgan fingerprint density at radius 3 is 2.69 bits per heavy atom. The molecule has 1 aliphatic rings. The van der Waals surface area contributed by atoms with E-state index >= 15 is 0 Å². The Morgan fingerprint density at radius 2 is 2.03 bits per heavy atom. The van der Waals surface area contributed by atoms with Crippen molar-refractivity contribution in [2.75, 3.05) is 18.0 Å². The third kappa shape index (κ3) is 3.87. The minimum atomic E-state index is -2.34. The van der Waals surface area contributed by atoms with Crippen LogP contribution in [-0.2, 0) is 23.0 Å². The Morgan fingerprint density at radius 1 is 1.28 bits per heavy atom. The van der Waals surface area contributed by atoms with Crippen molar-refractivity contribution >= 4 is 28.1 Å². The molecule has 0 bridgehead atoms. The molecule has 2 atom stereocenters.